The maximum absolute atomic E-state index is 14.3. The van der Waals surface area contributed by atoms with Gasteiger partial charge in [-0.05, 0) is 72.2 Å². The summed E-state index contributed by atoms with van der Waals surface area (Å²) in [5.74, 6) is -3.87. The molecule has 2 aliphatic heterocycles. The predicted octanol–water partition coefficient (Wildman–Crippen LogP) is 6.72. The Morgan fingerprint density at radius 2 is 0.940 bits per heavy atom. The van der Waals surface area contributed by atoms with E-state index in [2.05, 4.69) is 0 Å². The number of cyclic esters (lactones) is 2. The van der Waals surface area contributed by atoms with Crippen LogP contribution in [0.3, 0.4) is 0 Å². The van der Waals surface area contributed by atoms with Crippen LogP contribution < -0.4 is 0 Å². The monoisotopic (exact) mass is 678 g/mol. The number of amides is 4. The number of carbonyl (C=O) groups excluding carboxylic acids is 4. The van der Waals surface area contributed by atoms with E-state index in [0.29, 0.717) is 24.0 Å². The Hall–Kier alpha value is -5.64. The number of rotatable bonds is 12. The summed E-state index contributed by atoms with van der Waals surface area (Å²) in [7, 11) is 0. The van der Waals surface area contributed by atoms with Gasteiger partial charge >= 0.3 is 12.2 Å². The summed E-state index contributed by atoms with van der Waals surface area (Å²) in [6.07, 6.45) is 2.56. The van der Waals surface area contributed by atoms with Gasteiger partial charge in [-0.15, -0.1) is 0 Å². The van der Waals surface area contributed by atoms with Gasteiger partial charge < -0.3 is 9.47 Å². The minimum atomic E-state index is -0.960. The number of hydrogen-bond acceptors (Lipinski definition) is 6. The van der Waals surface area contributed by atoms with Crippen LogP contribution in [0.15, 0.2) is 121 Å². The first-order valence-corrected chi connectivity index (χ1v) is 16.5. The molecule has 2 aliphatic rings. The third kappa shape index (κ3) is 8.31. The van der Waals surface area contributed by atoms with Crippen molar-refractivity contribution in [2.45, 2.75) is 37.8 Å². The number of benzene rings is 4. The number of hydrogen-bond donors (Lipinski definition) is 0. The van der Waals surface area contributed by atoms with Crippen LogP contribution in [0.2, 0.25) is 0 Å². The van der Waals surface area contributed by atoms with E-state index in [9.17, 15) is 28.0 Å². The zero-order chi connectivity index (χ0) is 35.0. The molecule has 0 spiro atoms. The molecule has 0 aliphatic carbocycles. The molecular formula is C40H36F2N2O6. The SMILES string of the molecule is O=C1OCC(Cc2ccccc2)N1C(=O)[C@H](C=C[C@H](Cc1ccc(F)cc1)C(=O)N1C(=O)OCC1Cc1ccccc1)Cc1ccc(F)cc1. The van der Waals surface area contributed by atoms with Crippen LogP contribution in [-0.4, -0.2) is 59.1 Å². The van der Waals surface area contributed by atoms with Crippen molar-refractivity contribution < 1.29 is 37.4 Å². The molecule has 2 saturated heterocycles. The molecule has 2 heterocycles. The van der Waals surface area contributed by atoms with Gasteiger partial charge in [0, 0.05) is 0 Å². The van der Waals surface area contributed by atoms with Crippen LogP contribution in [0.5, 0.6) is 0 Å². The highest BCUT2D eigenvalue weighted by molar-refractivity contribution is 5.97. The average molecular weight is 679 g/mol. The van der Waals surface area contributed by atoms with Crippen LogP contribution in [-0.2, 0) is 44.7 Å². The summed E-state index contributed by atoms with van der Waals surface area (Å²) in [5.41, 5.74) is 3.11. The second-order valence-electron chi connectivity index (χ2n) is 12.5. The quantitative estimate of drug-likeness (QED) is 0.155. The van der Waals surface area contributed by atoms with Gasteiger partial charge in [-0.1, -0.05) is 97.1 Å². The fourth-order valence-corrected chi connectivity index (χ4v) is 6.38. The van der Waals surface area contributed by atoms with Crippen molar-refractivity contribution in [3.05, 3.63) is 155 Å². The number of halogens is 2. The van der Waals surface area contributed by atoms with Gasteiger partial charge in [0.15, 0.2) is 0 Å². The Balaban J connectivity index is 1.32. The number of imide groups is 2. The van der Waals surface area contributed by atoms with Gasteiger partial charge in [0.2, 0.25) is 11.8 Å². The second-order valence-corrected chi connectivity index (χ2v) is 12.5. The molecule has 2 unspecified atom stereocenters. The molecular weight excluding hydrogens is 642 g/mol. The molecule has 8 nitrogen and oxygen atoms in total. The second kappa shape index (κ2) is 15.7. The van der Waals surface area contributed by atoms with Crippen LogP contribution in [0.4, 0.5) is 18.4 Å². The Bertz CT molecular complexity index is 1700. The van der Waals surface area contributed by atoms with E-state index < -0.39 is 59.6 Å². The molecule has 2 fully saturated rings. The van der Waals surface area contributed by atoms with Crippen molar-refractivity contribution in [2.75, 3.05) is 13.2 Å². The number of carbonyl (C=O) groups is 4. The summed E-state index contributed by atoms with van der Waals surface area (Å²) >= 11 is 0. The van der Waals surface area contributed by atoms with Crippen LogP contribution >= 0.6 is 0 Å². The summed E-state index contributed by atoms with van der Waals surface area (Å²) in [5, 5.41) is 0. The van der Waals surface area contributed by atoms with E-state index in [4.69, 9.17) is 9.47 Å². The van der Waals surface area contributed by atoms with E-state index in [0.717, 1.165) is 20.9 Å². The molecule has 4 atom stereocenters. The summed E-state index contributed by atoms with van der Waals surface area (Å²) < 4.78 is 38.3. The molecule has 0 radical (unpaired) electrons. The van der Waals surface area contributed by atoms with E-state index in [1.165, 1.54) is 24.3 Å². The molecule has 4 amide bonds. The lowest BCUT2D eigenvalue weighted by atomic mass is 9.91. The summed E-state index contributed by atoms with van der Waals surface area (Å²) in [6, 6.07) is 29.1. The smallest absolute Gasteiger partial charge is 0.417 e. The zero-order valence-corrected chi connectivity index (χ0v) is 27.2. The van der Waals surface area contributed by atoms with Gasteiger partial charge in [0.1, 0.15) is 24.8 Å². The fourth-order valence-electron chi connectivity index (χ4n) is 6.38. The number of ether oxygens (including phenoxy) is 2. The lowest BCUT2D eigenvalue weighted by Crippen LogP contribution is -2.44. The molecule has 0 saturated carbocycles. The normalized spacial score (nSPS) is 18.6. The van der Waals surface area contributed by atoms with E-state index in [-0.39, 0.29) is 26.1 Å². The Morgan fingerprint density at radius 1 is 0.580 bits per heavy atom. The van der Waals surface area contributed by atoms with Gasteiger partial charge in [0.25, 0.3) is 0 Å². The van der Waals surface area contributed by atoms with Gasteiger partial charge in [0.05, 0.1) is 23.9 Å². The minimum Gasteiger partial charge on any atom is -0.447 e. The van der Waals surface area contributed by atoms with E-state index in [1.54, 1.807) is 36.4 Å². The first-order valence-electron chi connectivity index (χ1n) is 16.5. The van der Waals surface area contributed by atoms with Gasteiger partial charge in [-0.3, -0.25) is 9.59 Å². The zero-order valence-electron chi connectivity index (χ0n) is 27.2. The minimum absolute atomic E-state index is 0.0258. The molecule has 0 N–H and O–H groups in total. The first-order chi connectivity index (χ1) is 24.2. The topological polar surface area (TPSA) is 93.2 Å². The van der Waals surface area contributed by atoms with E-state index in [1.807, 2.05) is 60.7 Å². The maximum Gasteiger partial charge on any atom is 0.417 e. The molecule has 4 aromatic carbocycles. The van der Waals surface area contributed by atoms with Crippen molar-refractivity contribution in [1.29, 1.82) is 0 Å². The molecule has 0 aromatic heterocycles. The molecule has 256 valence electrons. The predicted molar refractivity (Wildman–Crippen MR) is 181 cm³/mol. The third-order valence-corrected chi connectivity index (χ3v) is 8.97. The highest BCUT2D eigenvalue weighted by atomic mass is 19.1. The molecule has 50 heavy (non-hydrogen) atoms. The molecule has 0 bridgehead atoms. The lowest BCUT2D eigenvalue weighted by molar-refractivity contribution is -0.133. The molecule has 10 heteroatoms. The van der Waals surface area contributed by atoms with Crippen molar-refractivity contribution >= 4 is 24.0 Å². The maximum atomic E-state index is 14.3. The van der Waals surface area contributed by atoms with Gasteiger partial charge in [-0.25, -0.2) is 28.2 Å². The van der Waals surface area contributed by atoms with Crippen LogP contribution in [0.25, 0.3) is 0 Å². The highest BCUT2D eigenvalue weighted by Gasteiger charge is 2.42. The number of nitrogens with zero attached hydrogens (tertiary/aromatic N) is 2. The Morgan fingerprint density at radius 3 is 1.30 bits per heavy atom. The average Bonchev–Trinajstić information content (AvgIpc) is 3.68. The Kier molecular flexibility index (Phi) is 10.8. The van der Waals surface area contributed by atoms with Crippen LogP contribution in [0.1, 0.15) is 22.3 Å². The summed E-state index contributed by atoms with van der Waals surface area (Å²) in [6.45, 7) is 0.0516. The van der Waals surface area contributed by atoms with Crippen molar-refractivity contribution in [1.82, 2.24) is 9.80 Å². The summed E-state index contributed by atoms with van der Waals surface area (Å²) in [4.78, 5) is 56.7. The largest absolute Gasteiger partial charge is 0.447 e. The Labute approximate surface area is 288 Å². The van der Waals surface area contributed by atoms with Crippen molar-refractivity contribution in [3.63, 3.8) is 0 Å². The lowest BCUT2D eigenvalue weighted by Gasteiger charge is -2.25. The first kappa shape index (κ1) is 34.2. The third-order valence-electron chi connectivity index (χ3n) is 8.97. The van der Waals surface area contributed by atoms with Crippen LogP contribution in [0, 0.1) is 23.5 Å². The highest BCUT2D eigenvalue weighted by Crippen LogP contribution is 2.26. The molecule has 4 aromatic rings. The van der Waals surface area contributed by atoms with Crippen molar-refractivity contribution in [3.8, 4) is 0 Å². The fraction of sp³-hybridized carbons (Fsp3) is 0.250. The standard InChI is InChI=1S/C40H36F2N2O6/c41-33-17-11-29(12-18-33)21-31(37(45)43-35(25-49-39(43)47)23-27-7-3-1-4-8-27)15-16-32(22-30-13-19-34(42)20-14-30)38(46)44-36(26-50-40(44)48)24-28-9-5-2-6-10-28/h1-20,31-32,35-36H,21-26H2/t31-,32-,35?,36?/m1/s1. The molecule has 6 rings (SSSR count). The van der Waals surface area contributed by atoms with E-state index >= 15 is 0 Å². The van der Waals surface area contributed by atoms with Crippen molar-refractivity contribution in [2.24, 2.45) is 11.8 Å². The van der Waals surface area contributed by atoms with Gasteiger partial charge in [-0.2, -0.15) is 0 Å².